The first-order valence-corrected chi connectivity index (χ1v) is 6.03. The second-order valence-corrected chi connectivity index (χ2v) is 3.82. The molecule has 1 aromatic rings. The highest BCUT2D eigenvalue weighted by atomic mass is 79.9. The van der Waals surface area contributed by atoms with E-state index >= 15 is 0 Å². The van der Waals surface area contributed by atoms with Crippen molar-refractivity contribution in [2.45, 2.75) is 19.2 Å². The first kappa shape index (κ1) is 12.7. The van der Waals surface area contributed by atoms with Gasteiger partial charge in [-0.05, 0) is 25.0 Å². The van der Waals surface area contributed by atoms with Crippen molar-refractivity contribution in [1.82, 2.24) is 0 Å². The fourth-order valence-electron chi connectivity index (χ4n) is 1.44. The highest BCUT2D eigenvalue weighted by Gasteiger charge is 2.18. The Kier molecular flexibility index (Phi) is 4.51. The Bertz CT molecular complexity index is 449. The number of esters is 1. The van der Waals surface area contributed by atoms with Gasteiger partial charge in [0.05, 0.1) is 17.7 Å². The van der Waals surface area contributed by atoms with Crippen LogP contribution in [0.25, 0.3) is 0 Å². The summed E-state index contributed by atoms with van der Waals surface area (Å²) >= 11 is 3.30. The summed E-state index contributed by atoms with van der Waals surface area (Å²) in [7, 11) is 0. The first-order valence-electron chi connectivity index (χ1n) is 4.91. The summed E-state index contributed by atoms with van der Waals surface area (Å²) in [4.78, 5) is 11.8. The van der Waals surface area contributed by atoms with Crippen LogP contribution in [0.2, 0.25) is 0 Å². The van der Waals surface area contributed by atoms with E-state index in [1.54, 1.807) is 13.8 Å². The van der Waals surface area contributed by atoms with Gasteiger partial charge >= 0.3 is 5.97 Å². The average Bonchev–Trinajstić information content (AvgIpc) is 2.28. The van der Waals surface area contributed by atoms with Crippen molar-refractivity contribution in [3.05, 3.63) is 34.4 Å². The van der Waals surface area contributed by atoms with Gasteiger partial charge in [0.15, 0.2) is 0 Å². The minimum Gasteiger partial charge on any atom is -0.462 e. The lowest BCUT2D eigenvalue weighted by molar-refractivity contribution is 0.0525. The van der Waals surface area contributed by atoms with Crippen molar-refractivity contribution >= 4 is 21.9 Å². The topological polar surface area (TPSA) is 50.1 Å². The lowest BCUT2D eigenvalue weighted by Gasteiger charge is -2.10. The monoisotopic (exact) mass is 281 g/mol. The number of nitrogens with zero attached hydrogens (tertiary/aromatic N) is 1. The van der Waals surface area contributed by atoms with Crippen LogP contribution in [0.4, 0.5) is 0 Å². The zero-order valence-corrected chi connectivity index (χ0v) is 10.8. The minimum atomic E-state index is -0.433. The fraction of sp³-hybridized carbons (Fsp3) is 0.333. The lowest BCUT2D eigenvalue weighted by Crippen LogP contribution is -2.11. The molecule has 0 saturated carbocycles. The highest BCUT2D eigenvalue weighted by molar-refractivity contribution is 9.08. The van der Waals surface area contributed by atoms with Crippen LogP contribution in [0.3, 0.4) is 0 Å². The van der Waals surface area contributed by atoms with Crippen molar-refractivity contribution in [3.63, 3.8) is 0 Å². The number of alkyl halides is 1. The molecule has 84 valence electrons. The van der Waals surface area contributed by atoms with Crippen molar-refractivity contribution in [3.8, 4) is 6.07 Å². The summed E-state index contributed by atoms with van der Waals surface area (Å²) in [6.07, 6.45) is 0. The summed E-state index contributed by atoms with van der Waals surface area (Å²) in [5.41, 5.74) is 2.34. The van der Waals surface area contributed by atoms with Crippen LogP contribution < -0.4 is 0 Å². The average molecular weight is 282 g/mol. The summed E-state index contributed by atoms with van der Waals surface area (Å²) in [6, 6.07) is 5.72. The first-order chi connectivity index (χ1) is 7.65. The van der Waals surface area contributed by atoms with Crippen LogP contribution in [0.5, 0.6) is 0 Å². The Balaban J connectivity index is 3.37. The van der Waals surface area contributed by atoms with E-state index in [-0.39, 0.29) is 0 Å². The number of hydrogen-bond donors (Lipinski definition) is 0. The Hall–Kier alpha value is -1.34. The number of carbonyl (C=O) groups excluding carboxylic acids is 1. The molecule has 1 aromatic carbocycles. The van der Waals surface area contributed by atoms with Crippen LogP contribution in [-0.2, 0) is 10.1 Å². The molecule has 0 aromatic heterocycles. The van der Waals surface area contributed by atoms with Gasteiger partial charge in [-0.2, -0.15) is 5.26 Å². The summed E-state index contributed by atoms with van der Waals surface area (Å²) in [5.74, 6) is -0.433. The molecule has 0 bridgehead atoms. The van der Waals surface area contributed by atoms with E-state index < -0.39 is 5.97 Å². The SMILES string of the molecule is CCOC(=O)c1c(CBr)ccc(C)c1C#N. The van der Waals surface area contributed by atoms with E-state index in [1.165, 1.54) is 0 Å². The number of aryl methyl sites for hydroxylation is 1. The van der Waals surface area contributed by atoms with Gasteiger partial charge in [0.2, 0.25) is 0 Å². The molecular formula is C12H12BrNO2. The number of carbonyl (C=O) groups is 1. The van der Waals surface area contributed by atoms with Crippen LogP contribution in [0.1, 0.15) is 34.0 Å². The van der Waals surface area contributed by atoms with Gasteiger partial charge in [-0.25, -0.2) is 4.79 Å². The van der Waals surface area contributed by atoms with E-state index in [9.17, 15) is 4.79 Å². The molecule has 4 heteroatoms. The van der Waals surface area contributed by atoms with Crippen LogP contribution in [0, 0.1) is 18.3 Å². The molecule has 0 saturated heterocycles. The third-order valence-corrected chi connectivity index (χ3v) is 2.84. The normalized spacial score (nSPS) is 9.62. The summed E-state index contributed by atoms with van der Waals surface area (Å²) in [6.45, 7) is 3.85. The molecule has 0 fully saturated rings. The van der Waals surface area contributed by atoms with Crippen LogP contribution in [0.15, 0.2) is 12.1 Å². The molecule has 0 heterocycles. The third-order valence-electron chi connectivity index (χ3n) is 2.24. The lowest BCUT2D eigenvalue weighted by atomic mass is 9.98. The van der Waals surface area contributed by atoms with Crippen molar-refractivity contribution < 1.29 is 9.53 Å². The molecule has 0 N–H and O–H groups in total. The molecule has 0 spiro atoms. The summed E-state index contributed by atoms with van der Waals surface area (Å²) < 4.78 is 4.96. The van der Waals surface area contributed by atoms with Crippen molar-refractivity contribution in [2.24, 2.45) is 0 Å². The van der Waals surface area contributed by atoms with E-state index in [0.29, 0.717) is 23.1 Å². The quantitative estimate of drug-likeness (QED) is 0.632. The predicted octanol–water partition coefficient (Wildman–Crippen LogP) is 2.94. The van der Waals surface area contributed by atoms with Gasteiger partial charge in [0.1, 0.15) is 6.07 Å². The molecule has 1 rings (SSSR count). The fourth-order valence-corrected chi connectivity index (χ4v) is 1.91. The van der Waals surface area contributed by atoms with Crippen LogP contribution in [-0.4, -0.2) is 12.6 Å². The Morgan fingerprint density at radius 1 is 1.56 bits per heavy atom. The molecule has 16 heavy (non-hydrogen) atoms. The number of halogens is 1. The number of nitriles is 1. The molecular weight excluding hydrogens is 270 g/mol. The standard InChI is InChI=1S/C12H12BrNO2/c1-3-16-12(15)11-9(6-13)5-4-8(2)10(11)7-14/h4-5H,3,6H2,1-2H3. The largest absolute Gasteiger partial charge is 0.462 e. The minimum absolute atomic E-state index is 0.305. The second kappa shape index (κ2) is 5.66. The molecule has 0 aliphatic carbocycles. The predicted molar refractivity (Wildman–Crippen MR) is 64.5 cm³/mol. The molecule has 0 aliphatic heterocycles. The van der Waals surface area contributed by atoms with E-state index in [2.05, 4.69) is 22.0 Å². The summed E-state index contributed by atoms with van der Waals surface area (Å²) in [5, 5.41) is 9.59. The molecule has 3 nitrogen and oxygen atoms in total. The van der Waals surface area contributed by atoms with Gasteiger partial charge in [0, 0.05) is 5.33 Å². The Morgan fingerprint density at radius 3 is 2.75 bits per heavy atom. The van der Waals surface area contributed by atoms with Crippen molar-refractivity contribution in [1.29, 1.82) is 5.26 Å². The second-order valence-electron chi connectivity index (χ2n) is 3.26. The number of benzene rings is 1. The molecule has 0 amide bonds. The number of hydrogen-bond acceptors (Lipinski definition) is 3. The molecule has 0 aliphatic rings. The van der Waals surface area contributed by atoms with Crippen molar-refractivity contribution in [2.75, 3.05) is 6.61 Å². The number of ether oxygens (including phenoxy) is 1. The Morgan fingerprint density at radius 2 is 2.25 bits per heavy atom. The van der Waals surface area contributed by atoms with Gasteiger partial charge in [-0.3, -0.25) is 0 Å². The van der Waals surface area contributed by atoms with Gasteiger partial charge in [-0.1, -0.05) is 28.1 Å². The maximum Gasteiger partial charge on any atom is 0.339 e. The number of rotatable bonds is 3. The zero-order chi connectivity index (χ0) is 12.1. The van der Waals surface area contributed by atoms with E-state index in [1.807, 2.05) is 12.1 Å². The zero-order valence-electron chi connectivity index (χ0n) is 9.21. The highest BCUT2D eigenvalue weighted by Crippen LogP contribution is 2.21. The molecule has 0 atom stereocenters. The maximum absolute atomic E-state index is 11.8. The molecule has 0 radical (unpaired) electrons. The van der Waals surface area contributed by atoms with E-state index in [4.69, 9.17) is 10.00 Å². The maximum atomic E-state index is 11.8. The molecule has 0 unspecified atom stereocenters. The smallest absolute Gasteiger partial charge is 0.339 e. The van der Waals surface area contributed by atoms with E-state index in [0.717, 1.165) is 11.1 Å². The Labute approximate surface area is 103 Å². The van der Waals surface area contributed by atoms with Gasteiger partial charge < -0.3 is 4.74 Å². The van der Waals surface area contributed by atoms with Gasteiger partial charge in [-0.15, -0.1) is 0 Å². The third kappa shape index (κ3) is 2.42. The van der Waals surface area contributed by atoms with Gasteiger partial charge in [0.25, 0.3) is 0 Å². The van der Waals surface area contributed by atoms with Crippen LogP contribution >= 0.6 is 15.9 Å².